The standard InChI is InChI=1S/C22H28N3.2ClH.Fe/c1-15-11-17(3)21(18(4)12-15)24-9-7-23-8-10-25-22-19(5)13-16(2)14-20(22)6;;;/h9-14H,7-8H2,1-6H3;2*1H;/q-1;;;+3/p-2. The summed E-state index contributed by atoms with van der Waals surface area (Å²) in [4.78, 5) is 9.15. The van der Waals surface area contributed by atoms with Crippen LogP contribution in [0.4, 0.5) is 11.4 Å². The van der Waals surface area contributed by atoms with E-state index in [1.165, 1.54) is 33.4 Å². The fourth-order valence-electron chi connectivity index (χ4n) is 3.21. The first-order valence-corrected chi connectivity index (χ1v) is 12.0. The molecule has 0 fully saturated rings. The minimum atomic E-state index is 0.194. The van der Waals surface area contributed by atoms with Gasteiger partial charge in [-0.05, 0) is 76.2 Å². The summed E-state index contributed by atoms with van der Waals surface area (Å²) in [6.45, 7) is 13.8. The van der Waals surface area contributed by atoms with Crippen molar-refractivity contribution in [2.24, 2.45) is 9.98 Å². The van der Waals surface area contributed by atoms with Gasteiger partial charge in [-0.15, -0.1) is 13.1 Å². The number of hydrogen-bond donors (Lipinski definition) is 0. The van der Waals surface area contributed by atoms with Gasteiger partial charge in [0.05, 0.1) is 11.4 Å². The first-order valence-electron chi connectivity index (χ1n) is 8.99. The zero-order valence-corrected chi connectivity index (χ0v) is 19.9. The van der Waals surface area contributed by atoms with Crippen LogP contribution in [0, 0.1) is 41.5 Å². The molecule has 0 amide bonds. The van der Waals surface area contributed by atoms with Crippen molar-refractivity contribution in [3.8, 4) is 0 Å². The van der Waals surface area contributed by atoms with Gasteiger partial charge in [-0.1, -0.05) is 35.4 Å². The van der Waals surface area contributed by atoms with Crippen LogP contribution in [0.15, 0.2) is 34.3 Å². The molecule has 0 spiro atoms. The van der Waals surface area contributed by atoms with Crippen LogP contribution >= 0.6 is 20.2 Å². The van der Waals surface area contributed by atoms with Crippen molar-refractivity contribution in [3.05, 3.63) is 63.0 Å². The van der Waals surface area contributed by atoms with Crippen LogP contribution in [-0.2, 0) is 13.1 Å². The summed E-state index contributed by atoms with van der Waals surface area (Å²) in [6, 6.07) is 8.65. The summed E-state index contributed by atoms with van der Waals surface area (Å²) in [5, 5.41) is 4.46. The molecule has 0 saturated carbocycles. The molecule has 0 aliphatic heterocycles. The third-order valence-corrected chi connectivity index (χ3v) is 4.13. The van der Waals surface area contributed by atoms with Crippen molar-refractivity contribution >= 4 is 44.0 Å². The Bertz CT molecular complexity index is 719. The molecule has 0 N–H and O–H groups in total. The molecule has 0 radical (unpaired) electrons. The van der Waals surface area contributed by atoms with Crippen LogP contribution in [0.5, 0.6) is 0 Å². The molecule has 0 atom stereocenters. The molecule has 2 rings (SSSR count). The van der Waals surface area contributed by atoms with E-state index >= 15 is 0 Å². The number of aryl methyl sites for hydroxylation is 6. The van der Waals surface area contributed by atoms with Gasteiger partial charge in [0.2, 0.25) is 0 Å². The third kappa shape index (κ3) is 8.46. The van der Waals surface area contributed by atoms with Crippen LogP contribution in [0.25, 0.3) is 5.32 Å². The van der Waals surface area contributed by atoms with Gasteiger partial charge in [0.25, 0.3) is 0 Å². The molecule has 2 aromatic carbocycles. The van der Waals surface area contributed by atoms with Gasteiger partial charge in [0, 0.05) is 0 Å². The van der Waals surface area contributed by atoms with Crippen molar-refractivity contribution in [3.63, 3.8) is 0 Å². The molecule has 0 heterocycles. The quantitative estimate of drug-likeness (QED) is 0.245. The van der Waals surface area contributed by atoms with Crippen molar-refractivity contribution in [2.75, 3.05) is 13.1 Å². The third-order valence-electron chi connectivity index (χ3n) is 4.13. The fraction of sp³-hybridized carbons (Fsp3) is 0.364. The molecule has 0 aliphatic rings. The Morgan fingerprint density at radius 1 is 0.714 bits per heavy atom. The first-order chi connectivity index (χ1) is 13.3. The van der Waals surface area contributed by atoms with Crippen molar-refractivity contribution < 1.29 is 13.1 Å². The van der Waals surface area contributed by atoms with Crippen molar-refractivity contribution in [1.29, 1.82) is 0 Å². The van der Waals surface area contributed by atoms with Crippen LogP contribution in [-0.4, -0.2) is 25.5 Å². The van der Waals surface area contributed by atoms with E-state index in [0.29, 0.717) is 13.1 Å². The number of aliphatic imine (C=N–C) groups is 2. The molecular formula is C22H28Cl2FeN3. The molecule has 6 heteroatoms. The zero-order valence-electron chi connectivity index (χ0n) is 17.3. The SMILES string of the molecule is Cc1cc(C)c(N=CC[N-]CC=Nc2c(C)cc(C)cc2C)c(C)c1.[Cl][Fe+][Cl]. The molecule has 28 heavy (non-hydrogen) atoms. The van der Waals surface area contributed by atoms with E-state index < -0.39 is 0 Å². The maximum atomic E-state index is 4.76. The first kappa shape index (κ1) is 24.9. The summed E-state index contributed by atoms with van der Waals surface area (Å²) in [7, 11) is 9.53. The minimum absolute atomic E-state index is 0.194. The second-order valence-corrected chi connectivity index (χ2v) is 8.58. The Morgan fingerprint density at radius 2 is 1.00 bits per heavy atom. The summed E-state index contributed by atoms with van der Waals surface area (Å²) < 4.78 is 0. The van der Waals surface area contributed by atoms with Crippen molar-refractivity contribution in [2.45, 2.75) is 41.5 Å². The number of benzene rings is 2. The van der Waals surface area contributed by atoms with Gasteiger partial charge in [0.15, 0.2) is 0 Å². The Balaban J connectivity index is 0.00000122. The predicted octanol–water partition coefficient (Wildman–Crippen LogP) is 7.39. The van der Waals surface area contributed by atoms with Crippen LogP contribution in [0.1, 0.15) is 33.4 Å². The summed E-state index contributed by atoms with van der Waals surface area (Å²) in [5.74, 6) is 0. The molecule has 0 saturated heterocycles. The van der Waals surface area contributed by atoms with Gasteiger partial charge in [-0.3, -0.25) is 9.98 Å². The van der Waals surface area contributed by atoms with E-state index in [9.17, 15) is 0 Å². The second kappa shape index (κ2) is 13.1. The second-order valence-electron chi connectivity index (χ2n) is 6.76. The summed E-state index contributed by atoms with van der Waals surface area (Å²) in [5.41, 5.74) is 9.50. The Morgan fingerprint density at radius 3 is 1.29 bits per heavy atom. The van der Waals surface area contributed by atoms with Gasteiger partial charge >= 0.3 is 33.3 Å². The van der Waals surface area contributed by atoms with Crippen LogP contribution in [0.2, 0.25) is 0 Å². The molecule has 0 unspecified atom stereocenters. The van der Waals surface area contributed by atoms with Crippen LogP contribution in [0.3, 0.4) is 0 Å². The maximum absolute atomic E-state index is 4.76. The molecule has 2 aromatic rings. The Labute approximate surface area is 184 Å². The number of halogens is 2. The molecule has 0 aliphatic carbocycles. The molecule has 0 bridgehead atoms. The summed E-state index contributed by atoms with van der Waals surface area (Å²) >= 11 is 0.194. The van der Waals surface area contributed by atoms with E-state index in [-0.39, 0.29) is 13.1 Å². The normalized spacial score (nSPS) is 11.1. The Kier molecular flexibility index (Phi) is 11.7. The van der Waals surface area contributed by atoms with Gasteiger partial charge in [-0.25, -0.2) is 0 Å². The van der Waals surface area contributed by atoms with E-state index in [1.807, 2.05) is 12.4 Å². The molecule has 0 aromatic heterocycles. The topological polar surface area (TPSA) is 38.8 Å². The fourth-order valence-corrected chi connectivity index (χ4v) is 3.21. The average Bonchev–Trinajstić information content (AvgIpc) is 2.58. The van der Waals surface area contributed by atoms with Gasteiger partial charge in [-0.2, -0.15) is 0 Å². The number of rotatable bonds is 6. The zero-order chi connectivity index (χ0) is 21.1. The number of hydrogen-bond acceptors (Lipinski definition) is 2. The molecule has 153 valence electrons. The average molecular weight is 461 g/mol. The van der Waals surface area contributed by atoms with E-state index in [4.69, 9.17) is 20.2 Å². The summed E-state index contributed by atoms with van der Waals surface area (Å²) in [6.07, 6.45) is 3.75. The van der Waals surface area contributed by atoms with Crippen molar-refractivity contribution in [1.82, 2.24) is 0 Å². The molecule has 3 nitrogen and oxygen atoms in total. The monoisotopic (exact) mass is 460 g/mol. The van der Waals surface area contributed by atoms with Gasteiger partial charge in [0.1, 0.15) is 0 Å². The predicted molar refractivity (Wildman–Crippen MR) is 122 cm³/mol. The van der Waals surface area contributed by atoms with Gasteiger partial charge < -0.3 is 5.32 Å². The Hall–Kier alpha value is -1.16. The number of nitrogens with zero attached hydrogens (tertiary/aromatic N) is 3. The molecular weight excluding hydrogens is 433 g/mol. The van der Waals surface area contributed by atoms with E-state index in [2.05, 4.69) is 81.1 Å². The van der Waals surface area contributed by atoms with E-state index in [1.54, 1.807) is 0 Å². The van der Waals surface area contributed by atoms with E-state index in [0.717, 1.165) is 11.4 Å². The van der Waals surface area contributed by atoms with Crippen LogP contribution < -0.4 is 0 Å².